The molecule has 1 aromatic rings. The summed E-state index contributed by atoms with van der Waals surface area (Å²) in [7, 11) is 0. The van der Waals surface area contributed by atoms with Crippen LogP contribution >= 0.6 is 0 Å². The fourth-order valence-corrected chi connectivity index (χ4v) is 5.15. The van der Waals surface area contributed by atoms with Crippen LogP contribution in [0.15, 0.2) is 29.8 Å². The summed E-state index contributed by atoms with van der Waals surface area (Å²) in [6.45, 7) is 2.32. The van der Waals surface area contributed by atoms with Gasteiger partial charge in [0.15, 0.2) is 5.78 Å². The summed E-state index contributed by atoms with van der Waals surface area (Å²) in [5.41, 5.74) is 4.02. The van der Waals surface area contributed by atoms with Crippen LogP contribution in [0, 0.1) is 5.92 Å². The molecule has 3 aliphatic carbocycles. The number of nitrogens with zero attached hydrogens (tertiary/aromatic N) is 1. The Morgan fingerprint density at radius 2 is 2.13 bits per heavy atom. The minimum atomic E-state index is 0.00491. The third-order valence-electron chi connectivity index (χ3n) is 6.50. The lowest BCUT2D eigenvalue weighted by atomic mass is 9.56. The zero-order chi connectivity index (χ0) is 15.6. The summed E-state index contributed by atoms with van der Waals surface area (Å²) in [4.78, 5) is 14.8. The monoisotopic (exact) mass is 309 g/mol. The van der Waals surface area contributed by atoms with E-state index >= 15 is 0 Å². The number of hydrogen-bond donors (Lipinski definition) is 1. The van der Waals surface area contributed by atoms with Crippen LogP contribution in [0.3, 0.4) is 0 Å². The molecule has 3 heteroatoms. The Morgan fingerprint density at radius 3 is 2.96 bits per heavy atom. The molecule has 2 bridgehead atoms. The molecule has 0 spiro atoms. The van der Waals surface area contributed by atoms with E-state index in [1.54, 1.807) is 0 Å². The van der Waals surface area contributed by atoms with E-state index in [2.05, 4.69) is 11.0 Å². The zero-order valence-corrected chi connectivity index (χ0v) is 13.4. The van der Waals surface area contributed by atoms with Gasteiger partial charge in [-0.3, -0.25) is 9.69 Å². The van der Waals surface area contributed by atoms with Gasteiger partial charge in [-0.2, -0.15) is 0 Å². The molecule has 0 radical (unpaired) electrons. The lowest BCUT2D eigenvalue weighted by molar-refractivity contribution is -0.115. The van der Waals surface area contributed by atoms with Gasteiger partial charge in [0.05, 0.1) is 0 Å². The largest absolute Gasteiger partial charge is 0.508 e. The third kappa shape index (κ3) is 2.02. The fourth-order valence-electron chi connectivity index (χ4n) is 5.15. The van der Waals surface area contributed by atoms with E-state index in [-0.39, 0.29) is 11.2 Å². The van der Waals surface area contributed by atoms with E-state index in [0.29, 0.717) is 18.2 Å². The Hall–Kier alpha value is -1.61. The highest BCUT2D eigenvalue weighted by molar-refractivity contribution is 5.92. The van der Waals surface area contributed by atoms with Gasteiger partial charge in [0, 0.05) is 24.4 Å². The molecule has 2 atom stereocenters. The van der Waals surface area contributed by atoms with Crippen molar-refractivity contribution in [3.63, 3.8) is 0 Å². The summed E-state index contributed by atoms with van der Waals surface area (Å²) in [6, 6.07) is 6.28. The normalized spacial score (nSPS) is 33.0. The van der Waals surface area contributed by atoms with Gasteiger partial charge in [-0.15, -0.1) is 0 Å². The van der Waals surface area contributed by atoms with E-state index in [1.165, 1.54) is 36.1 Å². The minimum Gasteiger partial charge on any atom is -0.508 e. The molecule has 3 nitrogen and oxygen atoms in total. The minimum absolute atomic E-state index is 0.00491. The van der Waals surface area contributed by atoms with Crippen molar-refractivity contribution in [3.05, 3.63) is 41.0 Å². The van der Waals surface area contributed by atoms with Gasteiger partial charge in [0.2, 0.25) is 0 Å². The zero-order valence-electron chi connectivity index (χ0n) is 13.4. The van der Waals surface area contributed by atoms with E-state index in [0.717, 1.165) is 31.7 Å². The van der Waals surface area contributed by atoms with Crippen molar-refractivity contribution < 1.29 is 9.90 Å². The van der Waals surface area contributed by atoms with Gasteiger partial charge in [-0.1, -0.05) is 6.07 Å². The van der Waals surface area contributed by atoms with Gasteiger partial charge in [-0.05, 0) is 79.5 Å². The molecular formula is C20H23NO2. The SMILES string of the molecule is O=C1C=C2[C@H]3Cc4ccc(O)cc4[C@]2(CC1)CCN3CC1CC1. The van der Waals surface area contributed by atoms with Crippen LogP contribution in [0.25, 0.3) is 0 Å². The van der Waals surface area contributed by atoms with Crippen molar-refractivity contribution in [2.24, 2.45) is 5.92 Å². The molecule has 0 unspecified atom stereocenters. The van der Waals surface area contributed by atoms with Crippen LogP contribution in [0.2, 0.25) is 0 Å². The molecule has 1 aromatic carbocycles. The second-order valence-corrected chi connectivity index (χ2v) is 7.90. The lowest BCUT2D eigenvalue weighted by Crippen LogP contribution is -2.56. The number of carbonyl (C=O) groups excluding carboxylic acids is 1. The molecule has 1 aliphatic heterocycles. The molecule has 5 rings (SSSR count). The summed E-state index contributed by atoms with van der Waals surface area (Å²) in [5.74, 6) is 1.52. The Bertz CT molecular complexity index is 718. The summed E-state index contributed by atoms with van der Waals surface area (Å²) in [6.07, 6.45) is 8.35. The number of ketones is 1. The molecule has 1 N–H and O–H groups in total. The van der Waals surface area contributed by atoms with Gasteiger partial charge in [0.25, 0.3) is 0 Å². The number of piperidine rings is 1. The molecule has 23 heavy (non-hydrogen) atoms. The molecular weight excluding hydrogens is 286 g/mol. The van der Waals surface area contributed by atoms with E-state index in [4.69, 9.17) is 0 Å². The highest BCUT2D eigenvalue weighted by Crippen LogP contribution is 2.54. The number of phenolic OH excluding ortho intramolecular Hbond substituents is 1. The van der Waals surface area contributed by atoms with Gasteiger partial charge in [0.1, 0.15) is 5.75 Å². The first-order valence-electron chi connectivity index (χ1n) is 8.97. The molecule has 0 aromatic heterocycles. The van der Waals surface area contributed by atoms with Crippen LogP contribution in [0.4, 0.5) is 0 Å². The van der Waals surface area contributed by atoms with E-state index in [9.17, 15) is 9.90 Å². The van der Waals surface area contributed by atoms with E-state index < -0.39 is 0 Å². The molecule has 4 aliphatic rings. The number of benzene rings is 1. The maximum absolute atomic E-state index is 12.1. The standard InChI is InChI=1S/C20H23NO2/c22-15-4-3-14-9-19-18-11-16(23)5-6-20(18,17(14)10-15)7-8-21(19)12-13-1-2-13/h3-4,10-11,13,19,22H,1-2,5-9,12H2/t19-,20+/m1/s1. The number of allylic oxidation sites excluding steroid dienone is 1. The first-order chi connectivity index (χ1) is 11.2. The summed E-state index contributed by atoms with van der Waals surface area (Å²) < 4.78 is 0. The van der Waals surface area contributed by atoms with Gasteiger partial charge < -0.3 is 5.11 Å². The highest BCUT2D eigenvalue weighted by Gasteiger charge is 2.51. The first-order valence-corrected chi connectivity index (χ1v) is 8.97. The van der Waals surface area contributed by atoms with Crippen molar-refractivity contribution in [1.82, 2.24) is 4.90 Å². The number of phenols is 1. The number of fused-ring (bicyclic) bond motifs is 1. The lowest BCUT2D eigenvalue weighted by Gasteiger charge is -2.55. The topological polar surface area (TPSA) is 40.5 Å². The Labute approximate surface area is 137 Å². The average Bonchev–Trinajstić information content (AvgIpc) is 3.35. The molecule has 120 valence electrons. The van der Waals surface area contributed by atoms with Crippen molar-refractivity contribution in [2.75, 3.05) is 13.1 Å². The van der Waals surface area contributed by atoms with Crippen molar-refractivity contribution in [3.8, 4) is 5.75 Å². The molecule has 0 amide bonds. The molecule has 1 saturated carbocycles. The second-order valence-electron chi connectivity index (χ2n) is 7.90. The predicted octanol–water partition coefficient (Wildman–Crippen LogP) is 2.96. The van der Waals surface area contributed by atoms with Gasteiger partial charge >= 0.3 is 0 Å². The maximum Gasteiger partial charge on any atom is 0.155 e. The Kier molecular flexibility index (Phi) is 2.82. The highest BCUT2D eigenvalue weighted by atomic mass is 16.3. The Balaban J connectivity index is 1.65. The van der Waals surface area contributed by atoms with Crippen LogP contribution in [0.1, 0.15) is 43.2 Å². The average molecular weight is 309 g/mol. The van der Waals surface area contributed by atoms with Crippen LogP contribution in [0.5, 0.6) is 5.75 Å². The number of hydrogen-bond acceptors (Lipinski definition) is 3. The predicted molar refractivity (Wildman–Crippen MR) is 88.5 cm³/mol. The van der Waals surface area contributed by atoms with Crippen molar-refractivity contribution in [2.45, 2.75) is 50.0 Å². The molecule has 1 saturated heterocycles. The molecule has 1 heterocycles. The fraction of sp³-hybridized carbons (Fsp3) is 0.550. The van der Waals surface area contributed by atoms with Crippen LogP contribution < -0.4 is 0 Å². The Morgan fingerprint density at radius 1 is 1.26 bits per heavy atom. The summed E-state index contributed by atoms with van der Waals surface area (Å²) >= 11 is 0. The smallest absolute Gasteiger partial charge is 0.155 e. The number of carbonyl (C=O) groups is 1. The van der Waals surface area contributed by atoms with Gasteiger partial charge in [-0.25, -0.2) is 0 Å². The maximum atomic E-state index is 12.1. The van der Waals surface area contributed by atoms with Crippen molar-refractivity contribution >= 4 is 5.78 Å². The number of rotatable bonds is 2. The second kappa shape index (κ2) is 4.70. The quantitative estimate of drug-likeness (QED) is 0.913. The third-order valence-corrected chi connectivity index (χ3v) is 6.50. The van der Waals surface area contributed by atoms with Crippen molar-refractivity contribution in [1.29, 1.82) is 0 Å². The van der Waals surface area contributed by atoms with E-state index in [1.807, 2.05) is 18.2 Å². The number of aromatic hydroxyl groups is 1. The molecule has 2 fully saturated rings. The van der Waals surface area contributed by atoms with Crippen LogP contribution in [-0.2, 0) is 16.6 Å². The first kappa shape index (κ1) is 13.8. The van der Waals surface area contributed by atoms with Crippen LogP contribution in [-0.4, -0.2) is 34.9 Å². The number of likely N-dealkylation sites (tertiary alicyclic amines) is 1. The summed E-state index contributed by atoms with van der Waals surface area (Å²) in [5, 5.41) is 10.0.